The predicted octanol–water partition coefficient (Wildman–Crippen LogP) is 3.74. The summed E-state index contributed by atoms with van der Waals surface area (Å²) in [5, 5.41) is 10.1. The van der Waals surface area contributed by atoms with Gasteiger partial charge < -0.3 is 9.84 Å². The third kappa shape index (κ3) is 3.76. The summed E-state index contributed by atoms with van der Waals surface area (Å²) >= 11 is 6.56. The van der Waals surface area contributed by atoms with Crippen LogP contribution in [0.25, 0.3) is 6.08 Å². The van der Waals surface area contributed by atoms with Gasteiger partial charge in [0.1, 0.15) is 4.32 Å². The molecule has 0 unspecified atom stereocenters. The van der Waals surface area contributed by atoms with Crippen LogP contribution in [0.15, 0.2) is 29.7 Å². The molecule has 1 aliphatic rings. The zero-order valence-electron chi connectivity index (χ0n) is 13.2. The molecule has 0 aromatic heterocycles. The van der Waals surface area contributed by atoms with E-state index in [2.05, 4.69) is 6.58 Å². The van der Waals surface area contributed by atoms with Crippen LogP contribution in [0, 0.1) is 0 Å². The number of benzene rings is 1. The molecule has 1 heterocycles. The Morgan fingerprint density at radius 2 is 2.22 bits per heavy atom. The molecule has 122 valence electrons. The first-order valence-electron chi connectivity index (χ1n) is 7.28. The number of aromatic hydroxyl groups is 1. The van der Waals surface area contributed by atoms with Crippen LogP contribution >= 0.6 is 24.0 Å². The van der Waals surface area contributed by atoms with Crippen molar-refractivity contribution in [3.63, 3.8) is 0 Å². The molecule has 0 atom stereocenters. The number of methoxy groups -OCH3 is 1. The average Bonchev–Trinajstić information content (AvgIpc) is 2.78. The lowest BCUT2D eigenvalue weighted by molar-refractivity contribution is -0.122. The van der Waals surface area contributed by atoms with Crippen LogP contribution in [0.5, 0.6) is 11.5 Å². The fraction of sp³-hybridized carbons (Fsp3) is 0.294. The lowest BCUT2D eigenvalue weighted by Gasteiger charge is -2.12. The second-order valence-corrected chi connectivity index (χ2v) is 6.73. The van der Waals surface area contributed by atoms with Crippen LogP contribution < -0.4 is 4.74 Å². The van der Waals surface area contributed by atoms with E-state index < -0.39 is 0 Å². The first-order valence-corrected chi connectivity index (χ1v) is 8.50. The number of carbonyl (C=O) groups excluding carboxylic acids is 1. The monoisotopic (exact) mass is 349 g/mol. The van der Waals surface area contributed by atoms with E-state index in [-0.39, 0.29) is 11.7 Å². The van der Waals surface area contributed by atoms with Crippen molar-refractivity contribution in [1.82, 2.24) is 4.90 Å². The average molecular weight is 349 g/mol. The number of thioether (sulfide) groups is 1. The smallest absolute Gasteiger partial charge is 0.266 e. The van der Waals surface area contributed by atoms with Gasteiger partial charge in [0.15, 0.2) is 11.5 Å². The van der Waals surface area contributed by atoms with Gasteiger partial charge in [-0.3, -0.25) is 9.69 Å². The van der Waals surface area contributed by atoms with Crippen LogP contribution in [0.4, 0.5) is 0 Å². The Morgan fingerprint density at radius 3 is 2.83 bits per heavy atom. The van der Waals surface area contributed by atoms with Crippen LogP contribution in [0.2, 0.25) is 0 Å². The predicted molar refractivity (Wildman–Crippen MR) is 98.7 cm³/mol. The highest BCUT2D eigenvalue weighted by Crippen LogP contribution is 2.36. The molecule has 6 heteroatoms. The van der Waals surface area contributed by atoms with Crippen LogP contribution in [0.3, 0.4) is 0 Å². The quantitative estimate of drug-likeness (QED) is 0.482. The Balaban J connectivity index is 2.39. The number of rotatable bonds is 6. The molecule has 0 bridgehead atoms. The maximum absolute atomic E-state index is 12.4. The standard InChI is InChI=1S/C17H19NO3S2/c1-4-6-12-8-11(9-13(21-3)15(12)19)10-14-16(20)18(7-5-2)17(22)23-14/h4,8-10,19H,1,5-7H2,2-3H3/b14-10+. The van der Waals surface area contributed by atoms with E-state index in [1.54, 1.807) is 23.1 Å². The third-order valence-corrected chi connectivity index (χ3v) is 4.76. The molecular formula is C17H19NO3S2. The first-order chi connectivity index (χ1) is 11.0. The molecule has 0 aliphatic carbocycles. The van der Waals surface area contributed by atoms with Gasteiger partial charge in [0, 0.05) is 12.1 Å². The van der Waals surface area contributed by atoms with E-state index in [9.17, 15) is 9.90 Å². The van der Waals surface area contributed by atoms with E-state index in [0.717, 1.165) is 12.0 Å². The fourth-order valence-electron chi connectivity index (χ4n) is 2.31. The van der Waals surface area contributed by atoms with Crippen LogP contribution in [-0.2, 0) is 11.2 Å². The number of allylic oxidation sites excluding steroid dienone is 1. The second kappa shape index (κ2) is 7.66. The van der Waals surface area contributed by atoms with Crippen molar-refractivity contribution in [2.75, 3.05) is 13.7 Å². The number of hydrogen-bond donors (Lipinski definition) is 1. The van der Waals surface area contributed by atoms with Crippen molar-refractivity contribution in [1.29, 1.82) is 0 Å². The van der Waals surface area contributed by atoms with Gasteiger partial charge in [-0.2, -0.15) is 0 Å². The Bertz CT molecular complexity index is 683. The van der Waals surface area contributed by atoms with Crippen molar-refractivity contribution in [3.05, 3.63) is 40.8 Å². The van der Waals surface area contributed by atoms with E-state index in [1.807, 2.05) is 13.0 Å². The van der Waals surface area contributed by atoms with E-state index in [4.69, 9.17) is 17.0 Å². The van der Waals surface area contributed by atoms with Crippen LogP contribution in [-0.4, -0.2) is 33.9 Å². The lowest BCUT2D eigenvalue weighted by Crippen LogP contribution is -2.28. The number of thiocarbonyl (C=S) groups is 1. The molecule has 0 radical (unpaired) electrons. The van der Waals surface area contributed by atoms with Gasteiger partial charge in [0.2, 0.25) is 0 Å². The summed E-state index contributed by atoms with van der Waals surface area (Å²) in [7, 11) is 1.50. The molecule has 1 saturated heterocycles. The summed E-state index contributed by atoms with van der Waals surface area (Å²) in [5.41, 5.74) is 1.49. The molecular weight excluding hydrogens is 330 g/mol. The molecule has 1 aliphatic heterocycles. The largest absolute Gasteiger partial charge is 0.504 e. The van der Waals surface area contributed by atoms with Gasteiger partial charge in [0.05, 0.1) is 12.0 Å². The summed E-state index contributed by atoms with van der Waals surface area (Å²) in [5.74, 6) is 0.405. The maximum Gasteiger partial charge on any atom is 0.266 e. The molecule has 1 amide bonds. The highest BCUT2D eigenvalue weighted by atomic mass is 32.2. The van der Waals surface area contributed by atoms with Crippen molar-refractivity contribution in [2.24, 2.45) is 0 Å². The van der Waals surface area contributed by atoms with Gasteiger partial charge in [-0.1, -0.05) is 37.0 Å². The number of ether oxygens (including phenoxy) is 1. The normalized spacial score (nSPS) is 16.3. The molecule has 4 nitrogen and oxygen atoms in total. The van der Waals surface area contributed by atoms with Gasteiger partial charge in [-0.05, 0) is 36.6 Å². The topological polar surface area (TPSA) is 49.8 Å². The SMILES string of the molecule is C=CCc1cc(/C=C2/SC(=S)N(CCC)C2=O)cc(OC)c1O. The van der Waals surface area contributed by atoms with Gasteiger partial charge >= 0.3 is 0 Å². The molecule has 1 fully saturated rings. The Morgan fingerprint density at radius 1 is 1.48 bits per heavy atom. The minimum absolute atomic E-state index is 0.0702. The van der Waals surface area contributed by atoms with Gasteiger partial charge in [-0.15, -0.1) is 6.58 Å². The van der Waals surface area contributed by atoms with Crippen molar-refractivity contribution < 1.29 is 14.6 Å². The molecule has 1 aromatic rings. The summed E-state index contributed by atoms with van der Waals surface area (Å²) < 4.78 is 5.79. The lowest BCUT2D eigenvalue weighted by atomic mass is 10.1. The molecule has 2 rings (SSSR count). The molecule has 1 N–H and O–H groups in total. The fourth-order valence-corrected chi connectivity index (χ4v) is 3.62. The highest BCUT2D eigenvalue weighted by Gasteiger charge is 2.31. The number of carbonyl (C=O) groups is 1. The minimum atomic E-state index is -0.0702. The highest BCUT2D eigenvalue weighted by molar-refractivity contribution is 8.26. The third-order valence-electron chi connectivity index (χ3n) is 3.38. The van der Waals surface area contributed by atoms with Crippen molar-refractivity contribution in [3.8, 4) is 11.5 Å². The molecule has 0 spiro atoms. The summed E-state index contributed by atoms with van der Waals surface area (Å²) in [4.78, 5) is 14.6. The Kier molecular flexibility index (Phi) is 5.85. The molecule has 23 heavy (non-hydrogen) atoms. The van der Waals surface area contributed by atoms with E-state index in [1.165, 1.54) is 18.9 Å². The number of amides is 1. The Hall–Kier alpha value is -1.79. The summed E-state index contributed by atoms with van der Waals surface area (Å²) in [6.45, 7) is 6.32. The number of phenolic OH excluding ortho intramolecular Hbond substituents is 1. The number of hydrogen-bond acceptors (Lipinski definition) is 5. The zero-order chi connectivity index (χ0) is 17.0. The zero-order valence-corrected chi connectivity index (χ0v) is 14.8. The molecule has 1 aromatic carbocycles. The van der Waals surface area contributed by atoms with Crippen LogP contribution in [0.1, 0.15) is 24.5 Å². The van der Waals surface area contributed by atoms with Gasteiger partial charge in [0.25, 0.3) is 5.91 Å². The summed E-state index contributed by atoms with van der Waals surface area (Å²) in [6.07, 6.45) is 4.86. The number of phenols is 1. The van der Waals surface area contributed by atoms with Gasteiger partial charge in [-0.25, -0.2) is 0 Å². The van der Waals surface area contributed by atoms with Crippen molar-refractivity contribution in [2.45, 2.75) is 19.8 Å². The van der Waals surface area contributed by atoms with E-state index in [0.29, 0.717) is 33.5 Å². The number of nitrogens with zero attached hydrogens (tertiary/aromatic N) is 1. The maximum atomic E-state index is 12.4. The second-order valence-electron chi connectivity index (χ2n) is 5.06. The summed E-state index contributed by atoms with van der Waals surface area (Å²) in [6, 6.07) is 3.53. The van der Waals surface area contributed by atoms with Crippen molar-refractivity contribution >= 4 is 40.3 Å². The first kappa shape index (κ1) is 17.6. The van der Waals surface area contributed by atoms with E-state index >= 15 is 0 Å². The minimum Gasteiger partial charge on any atom is -0.504 e. The molecule has 0 saturated carbocycles. The Labute approximate surface area is 145 Å².